The van der Waals surface area contributed by atoms with Crippen LogP contribution in [0.5, 0.6) is 0 Å². The Labute approximate surface area is 232 Å². The third kappa shape index (κ3) is 7.16. The summed E-state index contributed by atoms with van der Waals surface area (Å²) in [6.45, 7) is 5.87. The van der Waals surface area contributed by atoms with Gasteiger partial charge in [0.1, 0.15) is 11.8 Å². The van der Waals surface area contributed by atoms with E-state index in [1.54, 1.807) is 29.2 Å². The SMILES string of the molecule is CC(C)(C)OC(=O)N1CCC(CC#N)(N2NC(Nc3ccc(CNCC(F)(F)F)cc3)C3C(=O)NCCC32)CC1. The van der Waals surface area contributed by atoms with Crippen molar-refractivity contribution in [1.29, 1.82) is 5.26 Å². The van der Waals surface area contributed by atoms with Crippen molar-refractivity contribution < 1.29 is 27.5 Å². The normalized spacial score (nSPS) is 25.1. The van der Waals surface area contributed by atoms with Crippen molar-refractivity contribution in [2.75, 3.05) is 31.5 Å². The van der Waals surface area contributed by atoms with Crippen LogP contribution in [0.25, 0.3) is 0 Å². The molecule has 3 saturated heterocycles. The molecule has 4 N–H and O–H groups in total. The number of carbonyl (C=O) groups is 2. The number of hydrazine groups is 1. The molecule has 0 radical (unpaired) electrons. The molecular weight excluding hydrogens is 527 g/mol. The zero-order valence-electron chi connectivity index (χ0n) is 23.1. The molecule has 3 unspecified atom stereocenters. The van der Waals surface area contributed by atoms with Crippen molar-refractivity contribution in [1.82, 2.24) is 26.0 Å². The monoisotopic (exact) mass is 565 g/mol. The molecule has 10 nitrogen and oxygen atoms in total. The van der Waals surface area contributed by atoms with Gasteiger partial charge in [-0.1, -0.05) is 12.1 Å². The smallest absolute Gasteiger partial charge is 0.410 e. The van der Waals surface area contributed by atoms with Crippen LogP contribution in [-0.4, -0.2) is 77.6 Å². The first kappa shape index (κ1) is 29.9. The predicted octanol–water partition coefficient (Wildman–Crippen LogP) is 3.08. The van der Waals surface area contributed by atoms with Gasteiger partial charge in [0.15, 0.2) is 0 Å². The summed E-state index contributed by atoms with van der Waals surface area (Å²) in [4.78, 5) is 27.4. The number of rotatable bonds is 7. The number of carbonyl (C=O) groups excluding carboxylic acids is 2. The minimum atomic E-state index is -4.27. The second kappa shape index (κ2) is 11.8. The summed E-state index contributed by atoms with van der Waals surface area (Å²) < 4.78 is 42.8. The largest absolute Gasteiger partial charge is 0.444 e. The molecule has 0 aromatic heterocycles. The fourth-order valence-electron chi connectivity index (χ4n) is 5.74. The summed E-state index contributed by atoms with van der Waals surface area (Å²) in [7, 11) is 0. The Bertz CT molecular complexity index is 1090. The summed E-state index contributed by atoms with van der Waals surface area (Å²) in [5, 5.41) is 20.6. The first-order valence-corrected chi connectivity index (χ1v) is 13.6. The topological polar surface area (TPSA) is 122 Å². The van der Waals surface area contributed by atoms with E-state index in [1.165, 1.54) is 0 Å². The Morgan fingerprint density at radius 2 is 1.88 bits per heavy atom. The number of alkyl halides is 3. The van der Waals surface area contributed by atoms with E-state index >= 15 is 0 Å². The third-order valence-electron chi connectivity index (χ3n) is 7.62. The van der Waals surface area contributed by atoms with Gasteiger partial charge in [-0.2, -0.15) is 18.4 Å². The number of hydrogen-bond acceptors (Lipinski definition) is 8. The van der Waals surface area contributed by atoms with Gasteiger partial charge in [0.25, 0.3) is 0 Å². The number of likely N-dealkylation sites (tertiary alicyclic amines) is 1. The van der Waals surface area contributed by atoms with Gasteiger partial charge in [-0.05, 0) is 57.7 Å². The van der Waals surface area contributed by atoms with Crippen LogP contribution in [-0.2, 0) is 16.1 Å². The predicted molar refractivity (Wildman–Crippen MR) is 141 cm³/mol. The first-order valence-electron chi connectivity index (χ1n) is 13.6. The summed E-state index contributed by atoms with van der Waals surface area (Å²) in [6.07, 6.45) is -3.08. The van der Waals surface area contributed by atoms with E-state index < -0.39 is 35.9 Å². The molecule has 0 spiro atoms. The maximum atomic E-state index is 13.0. The zero-order valence-corrected chi connectivity index (χ0v) is 23.1. The van der Waals surface area contributed by atoms with Crippen LogP contribution in [0, 0.1) is 17.2 Å². The lowest BCUT2D eigenvalue weighted by Crippen LogP contribution is -2.62. The molecule has 1 aromatic carbocycles. The van der Waals surface area contributed by atoms with Gasteiger partial charge in [0, 0.05) is 37.9 Å². The Hall–Kier alpha value is -3.08. The molecule has 0 bridgehead atoms. The molecule has 4 rings (SSSR count). The highest BCUT2D eigenvalue weighted by molar-refractivity contribution is 5.82. The quantitative estimate of drug-likeness (QED) is 0.398. The van der Waals surface area contributed by atoms with Gasteiger partial charge in [0.2, 0.25) is 5.91 Å². The standard InChI is InChI=1S/C27H38F3N7O3/c1-25(2,3)40-24(39)36-14-10-26(9-12-31,11-15-36)37-20-8-13-33-23(38)21(20)22(35-37)34-19-6-4-18(5-7-19)16-32-17-27(28,29)30/h4-7,20-22,32,34-35H,8-11,13-17H2,1-3H3,(H,33,38). The number of anilines is 1. The number of nitriles is 1. The Balaban J connectivity index is 1.46. The lowest BCUT2D eigenvalue weighted by Gasteiger charge is -2.48. The number of amides is 2. The van der Waals surface area contributed by atoms with Gasteiger partial charge in [-0.3, -0.25) is 4.79 Å². The second-order valence-corrected chi connectivity index (χ2v) is 11.7. The summed E-state index contributed by atoms with van der Waals surface area (Å²) >= 11 is 0. The minimum Gasteiger partial charge on any atom is -0.444 e. The average molecular weight is 566 g/mol. The van der Waals surface area contributed by atoms with E-state index in [4.69, 9.17) is 4.74 Å². The van der Waals surface area contributed by atoms with E-state index in [2.05, 4.69) is 32.5 Å². The van der Waals surface area contributed by atoms with E-state index in [0.29, 0.717) is 50.1 Å². The van der Waals surface area contributed by atoms with Gasteiger partial charge in [0.05, 0.1) is 30.5 Å². The molecule has 0 aliphatic carbocycles. The Morgan fingerprint density at radius 3 is 2.48 bits per heavy atom. The van der Waals surface area contributed by atoms with Gasteiger partial charge in [-0.25, -0.2) is 15.2 Å². The highest BCUT2D eigenvalue weighted by atomic mass is 19.4. The summed E-state index contributed by atoms with van der Waals surface area (Å²) in [5.41, 5.74) is 3.73. The molecule has 220 valence electrons. The molecule has 3 atom stereocenters. The number of benzene rings is 1. The molecule has 40 heavy (non-hydrogen) atoms. The summed E-state index contributed by atoms with van der Waals surface area (Å²) in [5.74, 6) is -0.517. The maximum Gasteiger partial charge on any atom is 0.410 e. The molecule has 13 heteroatoms. The van der Waals surface area contributed by atoms with Crippen LogP contribution in [0.15, 0.2) is 24.3 Å². The van der Waals surface area contributed by atoms with Gasteiger partial charge < -0.3 is 25.6 Å². The fraction of sp³-hybridized carbons (Fsp3) is 0.667. The van der Waals surface area contributed by atoms with Crippen molar-refractivity contribution >= 4 is 17.7 Å². The highest BCUT2D eigenvalue weighted by Crippen LogP contribution is 2.40. The molecule has 3 aliphatic rings. The Kier molecular flexibility index (Phi) is 8.82. The Morgan fingerprint density at radius 1 is 1.20 bits per heavy atom. The highest BCUT2D eigenvalue weighted by Gasteiger charge is 2.55. The van der Waals surface area contributed by atoms with Crippen LogP contribution in [0.3, 0.4) is 0 Å². The van der Waals surface area contributed by atoms with Crippen LogP contribution in [0.1, 0.15) is 52.0 Å². The van der Waals surface area contributed by atoms with E-state index in [-0.39, 0.29) is 31.0 Å². The fourth-order valence-corrected chi connectivity index (χ4v) is 5.74. The van der Waals surface area contributed by atoms with Gasteiger partial charge >= 0.3 is 12.3 Å². The molecule has 0 saturated carbocycles. The van der Waals surface area contributed by atoms with Crippen molar-refractivity contribution in [2.45, 2.75) is 82.5 Å². The molecular formula is C27H38F3N7O3. The lowest BCUT2D eigenvalue weighted by atomic mass is 9.81. The average Bonchev–Trinajstić information content (AvgIpc) is 3.24. The molecule has 1 aromatic rings. The maximum absolute atomic E-state index is 13.0. The van der Waals surface area contributed by atoms with E-state index in [0.717, 1.165) is 0 Å². The van der Waals surface area contributed by atoms with Crippen LogP contribution < -0.4 is 21.4 Å². The van der Waals surface area contributed by atoms with Crippen LogP contribution in [0.2, 0.25) is 0 Å². The number of ether oxygens (including phenoxy) is 1. The van der Waals surface area contributed by atoms with Crippen molar-refractivity contribution in [2.24, 2.45) is 5.92 Å². The van der Waals surface area contributed by atoms with Crippen molar-refractivity contribution in [3.63, 3.8) is 0 Å². The number of fused-ring (bicyclic) bond motifs is 1. The molecule has 3 fully saturated rings. The van der Waals surface area contributed by atoms with E-state index in [9.17, 15) is 28.0 Å². The molecule has 2 amide bonds. The van der Waals surface area contributed by atoms with Gasteiger partial charge in [-0.15, -0.1) is 0 Å². The third-order valence-corrected chi connectivity index (χ3v) is 7.62. The number of halogens is 3. The number of nitrogens with zero attached hydrogens (tertiary/aromatic N) is 3. The van der Waals surface area contributed by atoms with Crippen molar-refractivity contribution in [3.05, 3.63) is 29.8 Å². The van der Waals surface area contributed by atoms with Crippen LogP contribution >= 0.6 is 0 Å². The van der Waals surface area contributed by atoms with Crippen molar-refractivity contribution in [3.8, 4) is 6.07 Å². The number of nitrogens with one attached hydrogen (secondary N) is 4. The number of hydrogen-bond donors (Lipinski definition) is 4. The molecule has 3 heterocycles. The zero-order chi connectivity index (χ0) is 29.1. The molecule has 3 aliphatic heterocycles. The summed E-state index contributed by atoms with van der Waals surface area (Å²) in [6, 6.07) is 9.19. The lowest BCUT2D eigenvalue weighted by molar-refractivity contribution is -0.129. The van der Waals surface area contributed by atoms with E-state index in [1.807, 2.05) is 20.8 Å². The van der Waals surface area contributed by atoms with Crippen LogP contribution in [0.4, 0.5) is 23.7 Å². The first-order chi connectivity index (χ1) is 18.8. The second-order valence-electron chi connectivity index (χ2n) is 11.7. The number of piperidine rings is 2. The minimum absolute atomic E-state index is 0.0827.